The summed E-state index contributed by atoms with van der Waals surface area (Å²) < 4.78 is 41.0. The molecule has 0 radical (unpaired) electrons. The Balaban J connectivity index is 1.44. The van der Waals surface area contributed by atoms with Crippen LogP contribution in [0.3, 0.4) is 0 Å². The first kappa shape index (κ1) is 21.6. The van der Waals surface area contributed by atoms with Gasteiger partial charge in [-0.1, -0.05) is 12.1 Å². The SMILES string of the molecule is Cc1nc(C(=O)N2CCCCC2Cc2nc3c(F)cc(F)cc3[nH]2)c(-c2ccc(F)cc2)s1. The first-order valence-electron chi connectivity index (χ1n) is 10.8. The van der Waals surface area contributed by atoms with E-state index in [0.717, 1.165) is 35.9 Å². The zero-order valence-corrected chi connectivity index (χ0v) is 18.7. The van der Waals surface area contributed by atoms with Crippen LogP contribution < -0.4 is 0 Å². The van der Waals surface area contributed by atoms with Crippen molar-refractivity contribution in [2.75, 3.05) is 6.54 Å². The number of rotatable bonds is 4. The molecule has 0 aliphatic carbocycles. The fourth-order valence-corrected chi connectivity index (χ4v) is 5.31. The van der Waals surface area contributed by atoms with Crippen LogP contribution in [-0.4, -0.2) is 38.3 Å². The van der Waals surface area contributed by atoms with Crippen LogP contribution in [0.25, 0.3) is 21.5 Å². The normalized spacial score (nSPS) is 16.5. The van der Waals surface area contributed by atoms with Crippen LogP contribution in [0.1, 0.15) is 40.6 Å². The number of halogens is 3. The molecule has 4 aromatic rings. The van der Waals surface area contributed by atoms with E-state index in [2.05, 4.69) is 15.0 Å². The number of fused-ring (bicyclic) bond motifs is 1. The fourth-order valence-electron chi connectivity index (χ4n) is 4.40. The number of amides is 1. The number of benzene rings is 2. The monoisotopic (exact) mass is 470 g/mol. The van der Waals surface area contributed by atoms with Crippen LogP contribution in [0.5, 0.6) is 0 Å². The minimum atomic E-state index is -0.717. The van der Waals surface area contributed by atoms with Gasteiger partial charge < -0.3 is 9.88 Å². The van der Waals surface area contributed by atoms with Crippen LogP contribution >= 0.6 is 11.3 Å². The maximum absolute atomic E-state index is 14.1. The summed E-state index contributed by atoms with van der Waals surface area (Å²) in [4.78, 5) is 27.9. The van der Waals surface area contributed by atoms with Crippen LogP contribution in [0.4, 0.5) is 13.2 Å². The maximum atomic E-state index is 14.1. The van der Waals surface area contributed by atoms with Gasteiger partial charge in [-0.3, -0.25) is 4.79 Å². The predicted molar refractivity (Wildman–Crippen MR) is 121 cm³/mol. The molecule has 5 nitrogen and oxygen atoms in total. The summed E-state index contributed by atoms with van der Waals surface area (Å²) in [7, 11) is 0. The van der Waals surface area contributed by atoms with Crippen LogP contribution in [0.15, 0.2) is 36.4 Å². The number of likely N-dealkylation sites (tertiary alicyclic amines) is 1. The summed E-state index contributed by atoms with van der Waals surface area (Å²) in [5, 5.41) is 0.751. The van der Waals surface area contributed by atoms with E-state index in [4.69, 9.17) is 0 Å². The highest BCUT2D eigenvalue weighted by atomic mass is 32.1. The number of aromatic amines is 1. The van der Waals surface area contributed by atoms with Gasteiger partial charge in [0.15, 0.2) is 5.82 Å². The molecule has 1 aliphatic heterocycles. The van der Waals surface area contributed by atoms with Crippen LogP contribution in [-0.2, 0) is 6.42 Å². The van der Waals surface area contributed by atoms with E-state index < -0.39 is 11.6 Å². The summed E-state index contributed by atoms with van der Waals surface area (Å²) in [6.07, 6.45) is 3.00. The number of nitrogens with one attached hydrogen (secondary N) is 1. The summed E-state index contributed by atoms with van der Waals surface area (Å²) >= 11 is 1.40. The topological polar surface area (TPSA) is 61.9 Å². The minimum absolute atomic E-state index is 0.0915. The van der Waals surface area contributed by atoms with Gasteiger partial charge in [-0.15, -0.1) is 11.3 Å². The number of hydrogen-bond donors (Lipinski definition) is 1. The Morgan fingerprint density at radius 1 is 1.12 bits per heavy atom. The molecule has 33 heavy (non-hydrogen) atoms. The van der Waals surface area contributed by atoms with E-state index in [0.29, 0.717) is 34.9 Å². The molecule has 0 bridgehead atoms. The lowest BCUT2D eigenvalue weighted by Crippen LogP contribution is -2.45. The molecule has 2 aromatic carbocycles. The van der Waals surface area contributed by atoms with E-state index in [9.17, 15) is 18.0 Å². The molecular weight excluding hydrogens is 449 g/mol. The van der Waals surface area contributed by atoms with Gasteiger partial charge in [-0.05, 0) is 49.9 Å². The highest BCUT2D eigenvalue weighted by molar-refractivity contribution is 7.15. The lowest BCUT2D eigenvalue weighted by Gasteiger charge is -2.35. The third-order valence-corrected chi connectivity index (χ3v) is 6.93. The largest absolute Gasteiger partial charge is 0.342 e. The Bertz CT molecular complexity index is 1330. The lowest BCUT2D eigenvalue weighted by atomic mass is 9.98. The molecule has 2 aromatic heterocycles. The Hall–Kier alpha value is -3.20. The van der Waals surface area contributed by atoms with E-state index in [1.165, 1.54) is 29.5 Å². The number of thiazole rings is 1. The third-order valence-electron chi connectivity index (χ3n) is 5.91. The second kappa shape index (κ2) is 8.62. The Morgan fingerprint density at radius 2 is 1.91 bits per heavy atom. The Kier molecular flexibility index (Phi) is 5.65. The number of H-pyrrole nitrogens is 1. The molecule has 1 amide bonds. The van der Waals surface area contributed by atoms with Gasteiger partial charge in [-0.25, -0.2) is 23.1 Å². The second-order valence-corrected chi connectivity index (χ2v) is 9.44. The molecule has 1 unspecified atom stereocenters. The van der Waals surface area contributed by atoms with Crippen molar-refractivity contribution in [2.45, 2.75) is 38.6 Å². The fraction of sp³-hybridized carbons (Fsp3) is 0.292. The number of nitrogens with zero attached hydrogens (tertiary/aromatic N) is 3. The number of aryl methyl sites for hydroxylation is 1. The number of imidazole rings is 1. The molecule has 1 aliphatic rings. The van der Waals surface area contributed by atoms with Crippen LogP contribution in [0, 0.1) is 24.4 Å². The Labute approximate surface area is 192 Å². The summed E-state index contributed by atoms with van der Waals surface area (Å²) in [5.74, 6) is -1.40. The van der Waals surface area contributed by atoms with E-state index in [-0.39, 0.29) is 23.3 Å². The van der Waals surface area contributed by atoms with Crippen molar-refractivity contribution >= 4 is 28.3 Å². The second-order valence-electron chi connectivity index (χ2n) is 8.24. The lowest BCUT2D eigenvalue weighted by molar-refractivity contribution is 0.0607. The predicted octanol–water partition coefficient (Wildman–Crippen LogP) is 5.65. The van der Waals surface area contributed by atoms with Crippen molar-refractivity contribution in [3.05, 3.63) is 70.4 Å². The van der Waals surface area contributed by atoms with Gasteiger partial charge in [-0.2, -0.15) is 0 Å². The van der Waals surface area contributed by atoms with Crippen LogP contribution in [0.2, 0.25) is 0 Å². The average molecular weight is 471 g/mol. The maximum Gasteiger partial charge on any atom is 0.274 e. The van der Waals surface area contributed by atoms with Gasteiger partial charge in [0.05, 0.1) is 15.4 Å². The van der Waals surface area contributed by atoms with Gasteiger partial charge in [0.2, 0.25) is 0 Å². The molecule has 170 valence electrons. The Morgan fingerprint density at radius 3 is 2.70 bits per heavy atom. The van der Waals surface area contributed by atoms with Crippen molar-refractivity contribution in [3.8, 4) is 10.4 Å². The number of aromatic nitrogens is 3. The van der Waals surface area contributed by atoms with Gasteiger partial charge in [0.1, 0.15) is 28.7 Å². The van der Waals surface area contributed by atoms with E-state index >= 15 is 0 Å². The molecule has 1 fully saturated rings. The zero-order valence-electron chi connectivity index (χ0n) is 17.9. The molecule has 0 spiro atoms. The smallest absolute Gasteiger partial charge is 0.274 e. The van der Waals surface area contributed by atoms with Crippen molar-refractivity contribution in [2.24, 2.45) is 0 Å². The van der Waals surface area contributed by atoms with E-state index in [1.807, 2.05) is 6.92 Å². The molecule has 1 N–H and O–H groups in total. The van der Waals surface area contributed by atoms with Crippen molar-refractivity contribution in [3.63, 3.8) is 0 Å². The van der Waals surface area contributed by atoms with Gasteiger partial charge >= 0.3 is 0 Å². The molecule has 0 saturated carbocycles. The average Bonchev–Trinajstić information content (AvgIpc) is 3.37. The molecule has 1 atom stereocenters. The molecule has 5 rings (SSSR count). The molecule has 3 heterocycles. The summed E-state index contributed by atoms with van der Waals surface area (Å²) in [6, 6.07) is 7.90. The van der Waals surface area contributed by atoms with Gasteiger partial charge in [0, 0.05) is 25.1 Å². The summed E-state index contributed by atoms with van der Waals surface area (Å²) in [6.45, 7) is 2.41. The molecule has 1 saturated heterocycles. The third kappa shape index (κ3) is 4.25. The molecular formula is C24H21F3N4OS. The highest BCUT2D eigenvalue weighted by Crippen LogP contribution is 2.33. The highest BCUT2D eigenvalue weighted by Gasteiger charge is 2.31. The zero-order chi connectivity index (χ0) is 23.1. The number of carbonyl (C=O) groups excluding carboxylic acids is 1. The summed E-state index contributed by atoms with van der Waals surface area (Å²) in [5.41, 5.74) is 1.49. The number of carbonyl (C=O) groups is 1. The van der Waals surface area contributed by atoms with Crippen molar-refractivity contribution in [1.82, 2.24) is 19.9 Å². The van der Waals surface area contributed by atoms with Gasteiger partial charge in [0.25, 0.3) is 5.91 Å². The number of piperidine rings is 1. The van der Waals surface area contributed by atoms with E-state index in [1.54, 1.807) is 17.0 Å². The number of hydrogen-bond acceptors (Lipinski definition) is 4. The minimum Gasteiger partial charge on any atom is -0.342 e. The first-order valence-corrected chi connectivity index (χ1v) is 11.6. The van der Waals surface area contributed by atoms with Crippen molar-refractivity contribution < 1.29 is 18.0 Å². The first-order chi connectivity index (χ1) is 15.9. The van der Waals surface area contributed by atoms with Crippen molar-refractivity contribution in [1.29, 1.82) is 0 Å². The quantitative estimate of drug-likeness (QED) is 0.419. The molecule has 9 heteroatoms. The standard InChI is InChI=1S/C24H21F3N4OS/c1-13-28-22(23(33-13)14-5-7-15(25)8-6-14)24(32)31-9-3-2-4-17(31)12-20-29-19-11-16(26)10-18(27)21(19)30-20/h5-8,10-11,17H,2-4,9,12H2,1H3,(H,29,30).